The van der Waals surface area contributed by atoms with Crippen LogP contribution in [-0.4, -0.2) is 47.3 Å². The molecule has 0 saturated heterocycles. The van der Waals surface area contributed by atoms with Crippen LogP contribution in [0.1, 0.15) is 71.1 Å². The Bertz CT molecular complexity index is 291. The number of hydrogen-bond donors (Lipinski definition) is 1. The minimum absolute atomic E-state index is 0. The van der Waals surface area contributed by atoms with E-state index in [2.05, 4.69) is 11.1 Å². The molecule has 0 aromatic carbocycles. The van der Waals surface area contributed by atoms with Gasteiger partial charge in [-0.15, -0.1) is 0 Å². The number of nitrogens with zero attached hydrogens (tertiary/aromatic N) is 1. The lowest BCUT2D eigenvalue weighted by Crippen LogP contribution is -2.03. The van der Waals surface area contributed by atoms with Crippen LogP contribution in [0.15, 0.2) is 0 Å². The molecule has 0 rings (SSSR count). The molecule has 0 aliphatic rings. The van der Waals surface area contributed by atoms with Crippen molar-refractivity contribution in [3.63, 3.8) is 0 Å². The average molecular weight is 341 g/mol. The summed E-state index contributed by atoms with van der Waals surface area (Å²) in [6.07, 6.45) is 13.6. The first kappa shape index (κ1) is 26.7. The Hall–Kier alpha value is -0.170. The van der Waals surface area contributed by atoms with E-state index in [1.54, 1.807) is 0 Å². The topological polar surface area (TPSA) is 81.6 Å². The predicted molar refractivity (Wildman–Crippen MR) is 97.3 cm³/mol. The molecule has 0 fully saturated rings. The Kier molecular flexibility index (Phi) is 22.9. The molecule has 0 aliphatic carbocycles. The molecule has 0 saturated carbocycles. The summed E-state index contributed by atoms with van der Waals surface area (Å²) in [7, 11) is 2.77. The molecule has 0 spiro atoms. The second-order valence-corrected chi connectivity index (χ2v) is 7.69. The van der Waals surface area contributed by atoms with E-state index < -0.39 is 10.1 Å². The summed E-state index contributed by atoms with van der Waals surface area (Å²) in [6.45, 7) is 2.58. The molecule has 22 heavy (non-hydrogen) atoms. The van der Waals surface area contributed by atoms with Crippen molar-refractivity contribution in [2.45, 2.75) is 71.1 Å². The van der Waals surface area contributed by atoms with Crippen molar-refractivity contribution >= 4 is 10.1 Å². The Labute approximate surface area is 139 Å². The predicted octanol–water partition coefficient (Wildman–Crippen LogP) is 4.22. The molecule has 0 aromatic rings. The molecule has 0 aliphatic heterocycles. The first-order valence-corrected chi connectivity index (χ1v) is 10.1. The third-order valence-electron chi connectivity index (χ3n) is 2.80. The molecule has 0 bridgehead atoms. The lowest BCUT2D eigenvalue weighted by atomic mass is 10.1. The van der Waals surface area contributed by atoms with E-state index in [1.807, 2.05) is 26.0 Å². The number of rotatable bonds is 12. The van der Waals surface area contributed by atoms with E-state index in [1.165, 1.54) is 51.4 Å². The van der Waals surface area contributed by atoms with Gasteiger partial charge in [-0.2, -0.15) is 8.42 Å². The van der Waals surface area contributed by atoms with Gasteiger partial charge in [-0.25, -0.2) is 0 Å². The van der Waals surface area contributed by atoms with Crippen molar-refractivity contribution < 1.29 is 12.6 Å². The van der Waals surface area contributed by atoms with Gasteiger partial charge in [0.25, 0.3) is 10.1 Å². The van der Waals surface area contributed by atoms with Crippen LogP contribution in [0.3, 0.4) is 0 Å². The second-order valence-electron chi connectivity index (χ2n) is 6.05. The summed E-state index contributed by atoms with van der Waals surface area (Å²) >= 11 is 0. The molecule has 0 unspecified atom stereocenters. The van der Waals surface area contributed by atoms with Crippen LogP contribution >= 0.6 is 0 Å². The van der Waals surface area contributed by atoms with E-state index in [9.17, 15) is 8.42 Å². The second kappa shape index (κ2) is 18.9. The van der Waals surface area contributed by atoms with Crippen molar-refractivity contribution in [1.29, 1.82) is 0 Å². The fourth-order valence-corrected chi connectivity index (χ4v) is 2.22. The molecule has 5 nitrogen and oxygen atoms in total. The molecular formula is C16H40N2O3S. The van der Waals surface area contributed by atoms with Crippen molar-refractivity contribution in [2.75, 3.05) is 34.0 Å². The molecule has 138 valence electrons. The van der Waals surface area contributed by atoms with Crippen LogP contribution in [0, 0.1) is 0 Å². The Balaban J connectivity index is -0.000000640. The quantitative estimate of drug-likeness (QED) is 0.425. The summed E-state index contributed by atoms with van der Waals surface area (Å²) < 4.78 is 26.0. The van der Waals surface area contributed by atoms with Crippen molar-refractivity contribution in [2.24, 2.45) is 0 Å². The molecule has 0 heterocycles. The Morgan fingerprint density at radius 1 is 0.773 bits per heavy atom. The summed E-state index contributed by atoms with van der Waals surface area (Å²) in [5.74, 6) is 0. The Morgan fingerprint density at radius 2 is 1.09 bits per heavy atom. The van der Waals surface area contributed by atoms with E-state index >= 15 is 0 Å². The normalized spacial score (nSPS) is 10.8. The van der Waals surface area contributed by atoms with Gasteiger partial charge in [-0.3, -0.25) is 4.18 Å². The highest BCUT2D eigenvalue weighted by molar-refractivity contribution is 7.85. The highest BCUT2D eigenvalue weighted by Gasteiger charge is 2.00. The first-order valence-electron chi connectivity index (χ1n) is 8.25. The van der Waals surface area contributed by atoms with Crippen LogP contribution < -0.4 is 6.15 Å². The molecule has 0 radical (unpaired) electrons. The molecule has 0 atom stereocenters. The van der Waals surface area contributed by atoms with Gasteiger partial charge in [0.05, 0.1) is 12.9 Å². The van der Waals surface area contributed by atoms with Crippen LogP contribution in [0.5, 0.6) is 0 Å². The molecular weight excluding hydrogens is 300 g/mol. The zero-order valence-electron chi connectivity index (χ0n) is 15.6. The minimum atomic E-state index is -3.23. The van der Waals surface area contributed by atoms with Gasteiger partial charge in [0.1, 0.15) is 0 Å². The smallest absolute Gasteiger partial charge is 0.264 e. The highest BCUT2D eigenvalue weighted by Crippen LogP contribution is 2.10. The van der Waals surface area contributed by atoms with Crippen LogP contribution in [0.25, 0.3) is 0 Å². The van der Waals surface area contributed by atoms with Gasteiger partial charge in [-0.05, 0) is 27.6 Å². The fourth-order valence-electron chi connectivity index (χ4n) is 1.80. The standard InChI is InChI=1S/C13H28O3S.C3H9N.H3N/c1-3-4-5-6-7-8-9-10-11-12-13-16-17(2,14)15;1-4(2)3;/h3-13H2,1-2H3;1-3H3;1H3. The van der Waals surface area contributed by atoms with E-state index in [4.69, 9.17) is 0 Å². The maximum atomic E-state index is 10.7. The van der Waals surface area contributed by atoms with E-state index in [-0.39, 0.29) is 6.15 Å². The SMILES string of the molecule is CCCCCCCCCCCCOS(C)(=O)=O.CN(C)C.N. The largest absolute Gasteiger partial charge is 0.344 e. The first-order chi connectivity index (χ1) is 9.79. The van der Waals surface area contributed by atoms with Crippen LogP contribution in [0.2, 0.25) is 0 Å². The maximum absolute atomic E-state index is 10.7. The highest BCUT2D eigenvalue weighted by atomic mass is 32.2. The average Bonchev–Trinajstić information content (AvgIpc) is 2.34. The minimum Gasteiger partial charge on any atom is -0.344 e. The van der Waals surface area contributed by atoms with Crippen molar-refractivity contribution in [1.82, 2.24) is 11.1 Å². The summed E-state index contributed by atoms with van der Waals surface area (Å²) in [6, 6.07) is 0. The number of unbranched alkanes of at least 4 members (excludes halogenated alkanes) is 9. The summed E-state index contributed by atoms with van der Waals surface area (Å²) in [4.78, 5) is 2.00. The lowest BCUT2D eigenvalue weighted by molar-refractivity contribution is 0.309. The van der Waals surface area contributed by atoms with Gasteiger partial charge >= 0.3 is 0 Å². The van der Waals surface area contributed by atoms with Gasteiger partial charge in [0, 0.05) is 0 Å². The third-order valence-corrected chi connectivity index (χ3v) is 3.39. The van der Waals surface area contributed by atoms with Gasteiger partial charge in [0.15, 0.2) is 0 Å². The van der Waals surface area contributed by atoms with E-state index in [0.717, 1.165) is 19.1 Å². The van der Waals surface area contributed by atoms with E-state index in [0.29, 0.717) is 6.61 Å². The molecule has 6 heteroatoms. The zero-order chi connectivity index (χ0) is 16.6. The summed E-state index contributed by atoms with van der Waals surface area (Å²) in [5, 5.41) is 0. The summed E-state index contributed by atoms with van der Waals surface area (Å²) in [5.41, 5.74) is 0. The lowest BCUT2D eigenvalue weighted by Gasteiger charge is -2.02. The number of hydrogen-bond acceptors (Lipinski definition) is 5. The van der Waals surface area contributed by atoms with Gasteiger partial charge < -0.3 is 11.1 Å². The molecule has 0 amide bonds. The van der Waals surface area contributed by atoms with Crippen LogP contribution in [0.4, 0.5) is 0 Å². The maximum Gasteiger partial charge on any atom is 0.264 e. The van der Waals surface area contributed by atoms with Crippen molar-refractivity contribution in [3.8, 4) is 0 Å². The van der Waals surface area contributed by atoms with Gasteiger partial charge in [-0.1, -0.05) is 64.7 Å². The zero-order valence-corrected chi connectivity index (χ0v) is 16.4. The monoisotopic (exact) mass is 340 g/mol. The van der Waals surface area contributed by atoms with Crippen molar-refractivity contribution in [3.05, 3.63) is 0 Å². The molecule has 3 N–H and O–H groups in total. The Morgan fingerprint density at radius 3 is 1.41 bits per heavy atom. The van der Waals surface area contributed by atoms with Crippen LogP contribution in [-0.2, 0) is 14.3 Å². The fraction of sp³-hybridized carbons (Fsp3) is 1.00. The third kappa shape index (κ3) is 36.8. The molecule has 0 aromatic heterocycles. The van der Waals surface area contributed by atoms with Gasteiger partial charge in [0.2, 0.25) is 0 Å².